The zero-order valence-electron chi connectivity index (χ0n) is 20.3. The molecule has 0 amide bonds. The molecule has 1 aliphatic heterocycles. The van der Waals surface area contributed by atoms with Gasteiger partial charge in [0.05, 0.1) is 15.3 Å². The largest absolute Gasteiger partial charge is 0.496 e. The molecule has 94 valence electrons. The molecule has 1 aliphatic rings. The summed E-state index contributed by atoms with van der Waals surface area (Å²) in [4.78, 5) is 0. The van der Waals surface area contributed by atoms with E-state index in [4.69, 9.17) is 23.0 Å². The van der Waals surface area contributed by atoms with Crippen LogP contribution < -0.4 is 5.46 Å². The maximum atomic E-state index is 8.24. The highest BCUT2D eigenvalue weighted by molar-refractivity contribution is 6.62. The Morgan fingerprint density at radius 1 is 1.41 bits per heavy atom. The zero-order chi connectivity index (χ0) is 21.4. The molecule has 1 saturated heterocycles. The van der Waals surface area contributed by atoms with Crippen molar-refractivity contribution in [3.8, 4) is 0 Å². The highest BCUT2D eigenvalue weighted by Gasteiger charge is 2.51. The Bertz CT molecular complexity index is 739. The van der Waals surface area contributed by atoms with Crippen LogP contribution in [0.25, 0.3) is 0 Å². The summed E-state index contributed by atoms with van der Waals surface area (Å²) in [7, 11) is -1.24. The van der Waals surface area contributed by atoms with E-state index in [1.165, 1.54) is 0 Å². The third kappa shape index (κ3) is 2.29. The van der Waals surface area contributed by atoms with Crippen molar-refractivity contribution in [2.45, 2.75) is 58.6 Å². The molecule has 0 bridgehead atoms. The van der Waals surface area contributed by atoms with E-state index in [-0.39, 0.29) is 10.0 Å². The molecule has 4 heteroatoms. The van der Waals surface area contributed by atoms with Gasteiger partial charge in [-0.3, -0.25) is 0 Å². The van der Waals surface area contributed by atoms with Crippen molar-refractivity contribution in [3.05, 3.63) is 18.4 Å². The van der Waals surface area contributed by atoms with Crippen LogP contribution in [0.4, 0.5) is 0 Å². The molecule has 1 fully saturated rings. The fourth-order valence-electron chi connectivity index (χ4n) is 1.48. The highest BCUT2D eigenvalue weighted by atomic mass is 16.7. The second-order valence-corrected chi connectivity index (χ2v) is 4.92. The molecule has 2 heterocycles. The number of rotatable bonds is 3. The minimum Gasteiger partial charge on any atom is -0.399 e. The highest BCUT2D eigenvalue weighted by Crippen LogP contribution is 2.36. The van der Waals surface area contributed by atoms with E-state index in [0.29, 0.717) is 0 Å². The normalized spacial score (nSPS) is 33.1. The van der Waals surface area contributed by atoms with Crippen molar-refractivity contribution < 1.29 is 23.0 Å². The van der Waals surface area contributed by atoms with Gasteiger partial charge in [0.15, 0.2) is 0 Å². The predicted octanol–water partition coefficient (Wildman–Crippen LogP) is 2.20. The lowest BCUT2D eigenvalue weighted by molar-refractivity contribution is 0.00578. The molecular weight excluding hydrogens is 213 g/mol. The van der Waals surface area contributed by atoms with Crippen molar-refractivity contribution in [2.75, 3.05) is 0 Å². The topological polar surface area (TPSA) is 23.4 Å². The quantitative estimate of drug-likeness (QED) is 0.762. The van der Waals surface area contributed by atoms with Crippen LogP contribution in [-0.4, -0.2) is 22.9 Å². The molecule has 3 nitrogen and oxygen atoms in total. The number of hydrogen-bond donors (Lipinski definition) is 0. The molecule has 0 radical (unpaired) electrons. The van der Waals surface area contributed by atoms with Crippen LogP contribution in [0.2, 0.25) is 0 Å². The molecular formula is C13H22BNO2. The van der Waals surface area contributed by atoms with Gasteiger partial charge in [-0.1, -0.05) is 6.85 Å². The first-order valence-corrected chi connectivity index (χ1v) is 5.34. The molecule has 1 aromatic heterocycles. The SMILES string of the molecule is [2H]c1c(B2OC(C)(C)C(C)(C)O2)c([2H])n(C([2H])([2H])C([2H])([2H])C([2H])([2H])[2H])c1[2H]. The predicted molar refractivity (Wildman–Crippen MR) is 70.4 cm³/mol. The first-order valence-electron chi connectivity index (χ1n) is 10.3. The van der Waals surface area contributed by atoms with E-state index in [0.717, 1.165) is 0 Å². The Kier molecular flexibility index (Phi) is 1.25. The van der Waals surface area contributed by atoms with Crippen molar-refractivity contribution >= 4 is 12.6 Å². The van der Waals surface area contributed by atoms with Gasteiger partial charge in [-0.15, -0.1) is 0 Å². The van der Waals surface area contributed by atoms with E-state index >= 15 is 0 Å². The standard InChI is InChI=1S/C13H22BNO2/c1-6-8-15-9-7-11(10-15)14-16-12(2,3)13(4,5)17-14/h7,9-10H,6,8H2,1-5H3/i1D3,6D2,7D,8D2,9D,10D. The molecule has 0 aliphatic carbocycles. The molecule has 0 saturated carbocycles. The van der Waals surface area contributed by atoms with Crippen LogP contribution in [0.1, 0.15) is 54.6 Å². The Morgan fingerprint density at radius 3 is 2.65 bits per heavy atom. The van der Waals surface area contributed by atoms with Crippen molar-refractivity contribution in [3.63, 3.8) is 0 Å². The molecule has 0 N–H and O–H groups in total. The minimum absolute atomic E-state index is 0.246. The smallest absolute Gasteiger partial charge is 0.399 e. The van der Waals surface area contributed by atoms with Crippen LogP contribution in [0, 0.1) is 0 Å². The van der Waals surface area contributed by atoms with Gasteiger partial charge in [-0.05, 0) is 40.1 Å². The Morgan fingerprint density at radius 2 is 2.06 bits per heavy atom. The van der Waals surface area contributed by atoms with Crippen LogP contribution in [-0.2, 0) is 15.8 Å². The molecule has 2 rings (SSSR count). The van der Waals surface area contributed by atoms with Crippen LogP contribution in [0.15, 0.2) is 18.4 Å². The lowest BCUT2D eigenvalue weighted by Gasteiger charge is -2.32. The monoisotopic (exact) mass is 245 g/mol. The van der Waals surface area contributed by atoms with Crippen LogP contribution in [0.5, 0.6) is 0 Å². The van der Waals surface area contributed by atoms with Gasteiger partial charge in [-0.25, -0.2) is 0 Å². The lowest BCUT2D eigenvalue weighted by atomic mass is 9.81. The van der Waals surface area contributed by atoms with Crippen LogP contribution in [0.3, 0.4) is 0 Å². The van der Waals surface area contributed by atoms with Gasteiger partial charge in [0.25, 0.3) is 0 Å². The number of nitrogens with zero attached hydrogens (tertiary/aromatic N) is 1. The van der Waals surface area contributed by atoms with E-state index in [2.05, 4.69) is 0 Å². The summed E-state index contributed by atoms with van der Waals surface area (Å²) in [5, 5.41) is 0. The summed E-state index contributed by atoms with van der Waals surface area (Å²) in [5.41, 5.74) is -1.87. The lowest BCUT2D eigenvalue weighted by Crippen LogP contribution is -2.41. The maximum absolute atomic E-state index is 8.24. The first kappa shape index (κ1) is 5.10. The van der Waals surface area contributed by atoms with Gasteiger partial charge in [0, 0.05) is 33.9 Å². The van der Waals surface area contributed by atoms with E-state index in [1.54, 1.807) is 27.7 Å². The molecule has 0 spiro atoms. The third-order valence-electron chi connectivity index (χ3n) is 3.19. The minimum atomic E-state index is -3.41. The van der Waals surface area contributed by atoms with Gasteiger partial charge >= 0.3 is 7.12 Å². The molecule has 1 aromatic rings. The van der Waals surface area contributed by atoms with E-state index in [9.17, 15) is 0 Å². The Labute approximate surface area is 118 Å². The average Bonchev–Trinajstić information content (AvgIpc) is 2.78. The van der Waals surface area contributed by atoms with Crippen LogP contribution >= 0.6 is 0 Å². The summed E-state index contributed by atoms with van der Waals surface area (Å²) in [6, 6.07) is -0.580. The maximum Gasteiger partial charge on any atom is 0.496 e. The zero-order valence-corrected chi connectivity index (χ0v) is 10.3. The average molecular weight is 245 g/mol. The first-order chi connectivity index (χ1) is 11.8. The van der Waals surface area contributed by atoms with E-state index < -0.39 is 56.4 Å². The molecule has 0 aromatic carbocycles. The molecule has 0 unspecified atom stereocenters. The third-order valence-corrected chi connectivity index (χ3v) is 3.19. The van der Waals surface area contributed by atoms with Gasteiger partial charge in [0.2, 0.25) is 0 Å². The molecule has 0 atom stereocenters. The summed E-state index contributed by atoms with van der Waals surface area (Å²) in [6.07, 6.45) is -4.98. The second-order valence-electron chi connectivity index (χ2n) is 4.92. The Hall–Kier alpha value is -0.735. The van der Waals surface area contributed by atoms with Gasteiger partial charge in [-0.2, -0.15) is 0 Å². The summed E-state index contributed by atoms with van der Waals surface area (Å²) >= 11 is 0. The van der Waals surface area contributed by atoms with Gasteiger partial charge < -0.3 is 13.9 Å². The fraction of sp³-hybridized carbons (Fsp3) is 0.692. The number of aromatic nitrogens is 1. The van der Waals surface area contributed by atoms with Crippen molar-refractivity contribution in [1.82, 2.24) is 4.57 Å². The summed E-state index contributed by atoms with van der Waals surface area (Å²) in [6.45, 7) is 0.323. The van der Waals surface area contributed by atoms with Crippen molar-refractivity contribution in [1.29, 1.82) is 0 Å². The molecule has 17 heavy (non-hydrogen) atoms. The fourth-order valence-corrected chi connectivity index (χ4v) is 1.48. The van der Waals surface area contributed by atoms with E-state index in [1.807, 2.05) is 0 Å². The summed E-state index contributed by atoms with van der Waals surface area (Å²) < 4.78 is 89.6. The summed E-state index contributed by atoms with van der Waals surface area (Å²) in [5.74, 6) is 0. The van der Waals surface area contributed by atoms with Crippen molar-refractivity contribution in [2.24, 2.45) is 0 Å². The number of hydrogen-bond acceptors (Lipinski definition) is 2. The second kappa shape index (κ2) is 4.18. The van der Waals surface area contributed by atoms with Gasteiger partial charge in [0.1, 0.15) is 0 Å². The Balaban J connectivity index is 2.63.